The number of benzene rings is 1. The van der Waals surface area contributed by atoms with Crippen molar-refractivity contribution in [3.05, 3.63) is 46.8 Å². The molecule has 0 radical (unpaired) electrons. The van der Waals surface area contributed by atoms with Crippen LogP contribution in [0.3, 0.4) is 0 Å². The number of fused-ring (bicyclic) bond motifs is 2. The zero-order valence-electron chi connectivity index (χ0n) is 13.4. The molecule has 0 bridgehead atoms. The summed E-state index contributed by atoms with van der Waals surface area (Å²) in [5.41, 5.74) is 4.20. The quantitative estimate of drug-likeness (QED) is 0.597. The zero-order chi connectivity index (χ0) is 16.8. The Morgan fingerprint density at radius 3 is 2.83 bits per heavy atom. The van der Waals surface area contributed by atoms with Gasteiger partial charge in [0.2, 0.25) is 0 Å². The van der Waals surface area contributed by atoms with Crippen LogP contribution in [-0.4, -0.2) is 21.0 Å². The molecule has 1 amide bonds. The number of carbonyl (C=O) groups excluding carboxylic acids is 1. The molecule has 0 saturated heterocycles. The summed E-state index contributed by atoms with van der Waals surface area (Å²) in [6.07, 6.45) is 0. The monoisotopic (exact) mass is 338 g/mol. The van der Waals surface area contributed by atoms with E-state index in [0.29, 0.717) is 33.2 Å². The molecule has 0 aliphatic carbocycles. The number of pyridine rings is 1. The van der Waals surface area contributed by atoms with Crippen molar-refractivity contribution in [1.29, 1.82) is 0 Å². The Morgan fingerprint density at radius 2 is 2.04 bits per heavy atom. The minimum absolute atomic E-state index is 0.242. The molecule has 0 unspecified atom stereocenters. The maximum Gasteiger partial charge on any atom is 0.258 e. The Morgan fingerprint density at radius 1 is 1.21 bits per heavy atom. The van der Waals surface area contributed by atoms with E-state index in [4.69, 9.17) is 4.52 Å². The third-order valence-corrected chi connectivity index (χ3v) is 4.77. The van der Waals surface area contributed by atoms with Crippen LogP contribution < -0.4 is 5.32 Å². The van der Waals surface area contributed by atoms with Gasteiger partial charge in [0, 0.05) is 5.69 Å². The summed E-state index contributed by atoms with van der Waals surface area (Å²) < 4.78 is 6.22. The number of nitrogens with one attached hydrogen (secondary N) is 1. The van der Waals surface area contributed by atoms with Gasteiger partial charge in [-0.3, -0.25) is 10.1 Å². The van der Waals surface area contributed by atoms with E-state index in [1.807, 2.05) is 32.0 Å². The van der Waals surface area contributed by atoms with Crippen LogP contribution in [0.2, 0.25) is 0 Å². The van der Waals surface area contributed by atoms with Gasteiger partial charge in [0.25, 0.3) is 11.6 Å². The van der Waals surface area contributed by atoms with Gasteiger partial charge in [0.1, 0.15) is 0 Å². The first kappa shape index (κ1) is 14.8. The molecule has 6 nitrogen and oxygen atoms in total. The Kier molecular flexibility index (Phi) is 3.31. The summed E-state index contributed by atoms with van der Waals surface area (Å²) in [4.78, 5) is 21.5. The van der Waals surface area contributed by atoms with Gasteiger partial charge in [-0.25, -0.2) is 9.97 Å². The molecular formula is C17H14N4O2S. The van der Waals surface area contributed by atoms with Crippen molar-refractivity contribution in [2.45, 2.75) is 20.8 Å². The number of aryl methyl sites for hydroxylation is 3. The molecular weight excluding hydrogens is 324 g/mol. The fourth-order valence-electron chi connectivity index (χ4n) is 2.70. The number of anilines is 1. The lowest BCUT2D eigenvalue weighted by molar-refractivity contribution is 0.102. The first-order valence-electron chi connectivity index (χ1n) is 7.44. The van der Waals surface area contributed by atoms with Gasteiger partial charge in [-0.2, -0.15) is 0 Å². The van der Waals surface area contributed by atoms with Gasteiger partial charge < -0.3 is 4.52 Å². The standard InChI is InChI=1S/C17H14N4O2S/c1-8-5-4-6-12-14(8)19-17(24-12)20-15(22)11-7-9(2)18-16-13(11)10(3)21-23-16/h4-7H,1-3H3,(H,19,20,22). The second-order valence-electron chi connectivity index (χ2n) is 5.65. The number of carbonyl (C=O) groups is 1. The SMILES string of the molecule is Cc1cc(C(=O)Nc2nc3c(C)cccc3s2)c2c(C)noc2n1. The second-order valence-corrected chi connectivity index (χ2v) is 6.68. The molecule has 0 fully saturated rings. The van der Waals surface area contributed by atoms with Crippen molar-refractivity contribution < 1.29 is 9.32 Å². The third-order valence-electron chi connectivity index (χ3n) is 3.83. The number of rotatable bonds is 2. The first-order valence-corrected chi connectivity index (χ1v) is 8.25. The van der Waals surface area contributed by atoms with Crippen molar-refractivity contribution in [3.63, 3.8) is 0 Å². The molecule has 4 rings (SSSR count). The number of hydrogen-bond acceptors (Lipinski definition) is 6. The normalized spacial score (nSPS) is 11.3. The van der Waals surface area contributed by atoms with E-state index in [-0.39, 0.29) is 5.91 Å². The Bertz CT molecular complexity index is 1100. The van der Waals surface area contributed by atoms with Gasteiger partial charge in [-0.05, 0) is 38.5 Å². The van der Waals surface area contributed by atoms with E-state index < -0.39 is 0 Å². The molecule has 1 N–H and O–H groups in total. The highest BCUT2D eigenvalue weighted by Crippen LogP contribution is 2.29. The minimum atomic E-state index is -0.242. The van der Waals surface area contributed by atoms with Crippen LogP contribution in [-0.2, 0) is 0 Å². The van der Waals surface area contributed by atoms with Crippen LogP contribution >= 0.6 is 11.3 Å². The predicted molar refractivity (Wildman–Crippen MR) is 93.6 cm³/mol. The molecule has 0 saturated carbocycles. The average molecular weight is 338 g/mol. The number of hydrogen-bond donors (Lipinski definition) is 1. The van der Waals surface area contributed by atoms with E-state index in [0.717, 1.165) is 15.8 Å². The maximum atomic E-state index is 12.8. The maximum absolute atomic E-state index is 12.8. The summed E-state index contributed by atoms with van der Waals surface area (Å²) in [6.45, 7) is 5.61. The lowest BCUT2D eigenvalue weighted by atomic mass is 10.1. The summed E-state index contributed by atoms with van der Waals surface area (Å²) in [5, 5.41) is 7.99. The second kappa shape index (κ2) is 5.38. The zero-order valence-corrected chi connectivity index (χ0v) is 14.2. The van der Waals surface area contributed by atoms with Gasteiger partial charge in [0.15, 0.2) is 5.13 Å². The summed E-state index contributed by atoms with van der Waals surface area (Å²) in [5.74, 6) is -0.242. The van der Waals surface area contributed by atoms with Crippen molar-refractivity contribution in [3.8, 4) is 0 Å². The Balaban J connectivity index is 1.76. The van der Waals surface area contributed by atoms with Crippen LogP contribution in [0.1, 0.15) is 27.3 Å². The number of aromatic nitrogens is 3. The molecule has 0 atom stereocenters. The van der Waals surface area contributed by atoms with Crippen molar-refractivity contribution >= 4 is 43.7 Å². The summed E-state index contributed by atoms with van der Waals surface area (Å²) in [7, 11) is 0. The molecule has 3 aromatic heterocycles. The topological polar surface area (TPSA) is 80.9 Å². The van der Waals surface area contributed by atoms with E-state index in [2.05, 4.69) is 20.4 Å². The number of nitrogens with zero attached hydrogens (tertiary/aromatic N) is 3. The van der Waals surface area contributed by atoms with Crippen LogP contribution in [0.25, 0.3) is 21.3 Å². The third kappa shape index (κ3) is 2.33. The van der Waals surface area contributed by atoms with Crippen LogP contribution in [0.15, 0.2) is 28.8 Å². The first-order chi connectivity index (χ1) is 11.5. The smallest absolute Gasteiger partial charge is 0.258 e. The number of thiazole rings is 1. The highest BCUT2D eigenvalue weighted by Gasteiger charge is 2.19. The van der Waals surface area contributed by atoms with E-state index >= 15 is 0 Å². The molecule has 24 heavy (non-hydrogen) atoms. The average Bonchev–Trinajstić information content (AvgIpc) is 3.11. The number of amides is 1. The molecule has 3 heterocycles. The largest absolute Gasteiger partial charge is 0.336 e. The van der Waals surface area contributed by atoms with Gasteiger partial charge in [-0.1, -0.05) is 28.6 Å². The minimum Gasteiger partial charge on any atom is -0.336 e. The summed E-state index contributed by atoms with van der Waals surface area (Å²) in [6, 6.07) is 7.72. The Labute approximate surface area is 141 Å². The lowest BCUT2D eigenvalue weighted by Crippen LogP contribution is -2.13. The van der Waals surface area contributed by atoms with E-state index in [1.165, 1.54) is 11.3 Å². The fourth-order valence-corrected chi connectivity index (χ4v) is 3.64. The molecule has 7 heteroatoms. The molecule has 1 aromatic carbocycles. The van der Waals surface area contributed by atoms with E-state index in [9.17, 15) is 4.79 Å². The molecule has 0 aliphatic rings. The van der Waals surface area contributed by atoms with Gasteiger partial charge in [0.05, 0.1) is 26.9 Å². The molecule has 120 valence electrons. The van der Waals surface area contributed by atoms with Crippen LogP contribution in [0, 0.1) is 20.8 Å². The fraction of sp³-hybridized carbons (Fsp3) is 0.176. The van der Waals surface area contributed by atoms with Crippen molar-refractivity contribution in [2.75, 3.05) is 5.32 Å². The highest BCUT2D eigenvalue weighted by molar-refractivity contribution is 7.22. The van der Waals surface area contributed by atoms with Gasteiger partial charge >= 0.3 is 0 Å². The van der Waals surface area contributed by atoms with Crippen molar-refractivity contribution in [2.24, 2.45) is 0 Å². The van der Waals surface area contributed by atoms with Crippen molar-refractivity contribution in [1.82, 2.24) is 15.1 Å². The van der Waals surface area contributed by atoms with E-state index in [1.54, 1.807) is 13.0 Å². The predicted octanol–water partition coefficient (Wildman–Crippen LogP) is 4.01. The molecule has 0 aliphatic heterocycles. The van der Waals surface area contributed by atoms with Crippen LogP contribution in [0.4, 0.5) is 5.13 Å². The summed E-state index contributed by atoms with van der Waals surface area (Å²) >= 11 is 1.45. The highest BCUT2D eigenvalue weighted by atomic mass is 32.1. The Hall–Kier alpha value is -2.80. The molecule has 4 aromatic rings. The van der Waals surface area contributed by atoms with Crippen LogP contribution in [0.5, 0.6) is 0 Å². The number of para-hydroxylation sites is 1. The lowest BCUT2D eigenvalue weighted by Gasteiger charge is -2.04. The van der Waals surface area contributed by atoms with Gasteiger partial charge in [-0.15, -0.1) is 0 Å². The molecule has 0 spiro atoms.